The SMILES string of the molecule is O=C1c2cccc3cccc(c23)C(=O)N1OS(=O)(=O)Oc1[c-]c[c-]c[c-]1.[Re].[Re].[Re]. The number of hydrogen-bond acceptors (Lipinski definition) is 6. The zero-order valence-electron chi connectivity index (χ0n) is 14.1. The third kappa shape index (κ3) is 5.09. The maximum Gasteiger partial charge on any atom is 0.465 e. The van der Waals surface area contributed by atoms with E-state index in [-0.39, 0.29) is 83.2 Å². The van der Waals surface area contributed by atoms with Crippen LogP contribution in [0.4, 0.5) is 0 Å². The van der Waals surface area contributed by atoms with Gasteiger partial charge in [0.15, 0.2) is 0 Å². The molecule has 151 valence electrons. The van der Waals surface area contributed by atoms with Crippen LogP contribution >= 0.6 is 0 Å². The van der Waals surface area contributed by atoms with Crippen molar-refractivity contribution in [3.05, 3.63) is 77.9 Å². The number of nitrogens with zero attached hydrogens (tertiary/aromatic N) is 1. The minimum atomic E-state index is -4.76. The van der Waals surface area contributed by atoms with Gasteiger partial charge >= 0.3 is 10.4 Å². The average molecular weight is 925 g/mol. The van der Waals surface area contributed by atoms with Crippen LogP contribution in [-0.2, 0) is 76.0 Å². The van der Waals surface area contributed by atoms with Gasteiger partial charge in [-0.15, -0.1) is 9.35 Å². The first-order chi connectivity index (χ1) is 12.5. The Balaban J connectivity index is 0.00000140. The van der Waals surface area contributed by atoms with E-state index in [0.29, 0.717) is 10.8 Å². The molecule has 2 amide bonds. The van der Waals surface area contributed by atoms with Gasteiger partial charge in [-0.05, 0) is 17.5 Å². The molecule has 3 aromatic rings. The van der Waals surface area contributed by atoms with Gasteiger partial charge in [-0.3, -0.25) is 9.59 Å². The summed E-state index contributed by atoms with van der Waals surface area (Å²) in [5.41, 5.74) is 0.306. The van der Waals surface area contributed by atoms with Gasteiger partial charge in [0.2, 0.25) is 0 Å². The summed E-state index contributed by atoms with van der Waals surface area (Å²) in [6, 6.07) is 19.8. The number of hydrogen-bond donors (Lipinski definition) is 0. The third-order valence-corrected chi connectivity index (χ3v) is 4.36. The molecular weight excluding hydrogens is 917 g/mol. The quantitative estimate of drug-likeness (QED) is 0.295. The summed E-state index contributed by atoms with van der Waals surface area (Å²) in [6.45, 7) is 0. The molecule has 0 unspecified atom stereocenters. The van der Waals surface area contributed by atoms with E-state index in [0.717, 1.165) is 0 Å². The third-order valence-electron chi connectivity index (χ3n) is 3.66. The molecular formula is C18H8NO6Re3S-3. The summed E-state index contributed by atoms with van der Waals surface area (Å²) in [6.07, 6.45) is 0. The molecule has 0 aromatic heterocycles. The van der Waals surface area contributed by atoms with Gasteiger partial charge in [0.1, 0.15) is 0 Å². The molecule has 1 aliphatic heterocycles. The fourth-order valence-electron chi connectivity index (χ4n) is 2.63. The minimum Gasteiger partial charge on any atom is -0.545 e. The number of rotatable bonds is 4. The smallest absolute Gasteiger partial charge is 0.465 e. The number of hydroxylamine groups is 2. The van der Waals surface area contributed by atoms with Crippen molar-refractivity contribution in [2.75, 3.05) is 0 Å². The van der Waals surface area contributed by atoms with E-state index in [9.17, 15) is 18.0 Å². The van der Waals surface area contributed by atoms with Gasteiger partial charge < -0.3 is 34.5 Å². The van der Waals surface area contributed by atoms with Crippen molar-refractivity contribution in [1.82, 2.24) is 5.06 Å². The maximum absolute atomic E-state index is 12.6. The van der Waals surface area contributed by atoms with E-state index in [1.54, 1.807) is 24.3 Å². The molecule has 11 heteroatoms. The van der Waals surface area contributed by atoms with Crippen LogP contribution < -0.4 is 4.18 Å². The van der Waals surface area contributed by atoms with Gasteiger partial charge in [0.25, 0.3) is 11.8 Å². The van der Waals surface area contributed by atoms with Crippen molar-refractivity contribution < 1.29 is 87.7 Å². The molecule has 1 heterocycles. The molecule has 1 aliphatic rings. The zero-order valence-corrected chi connectivity index (χ0v) is 23.0. The summed E-state index contributed by atoms with van der Waals surface area (Å²) >= 11 is 0. The summed E-state index contributed by atoms with van der Waals surface area (Å²) in [4.78, 5) is 25.2. The molecule has 3 aromatic carbocycles. The predicted octanol–water partition coefficient (Wildman–Crippen LogP) is 2.08. The Labute approximate surface area is 208 Å². The van der Waals surface area contributed by atoms with Crippen LogP contribution in [0, 0.1) is 18.2 Å². The van der Waals surface area contributed by atoms with Crippen molar-refractivity contribution in [1.29, 1.82) is 0 Å². The van der Waals surface area contributed by atoms with E-state index in [1.165, 1.54) is 24.3 Å². The van der Waals surface area contributed by atoms with Crippen LogP contribution in [0.1, 0.15) is 20.7 Å². The van der Waals surface area contributed by atoms with Crippen LogP contribution in [0.15, 0.2) is 48.5 Å². The molecule has 0 spiro atoms. The van der Waals surface area contributed by atoms with Crippen LogP contribution in [0.2, 0.25) is 0 Å². The van der Waals surface area contributed by atoms with Gasteiger partial charge in [0.05, 0.1) is 11.1 Å². The second-order valence-electron chi connectivity index (χ2n) is 5.25. The number of carbonyl (C=O) groups excluding carboxylic acids is 2. The molecule has 4 rings (SSSR count). The Kier molecular flexibility index (Phi) is 9.05. The molecule has 0 saturated carbocycles. The summed E-state index contributed by atoms with van der Waals surface area (Å²) in [7, 11) is -4.76. The van der Waals surface area contributed by atoms with Crippen LogP contribution in [0.25, 0.3) is 10.8 Å². The normalized spacial score (nSPS) is 12.5. The minimum absolute atomic E-state index is 0. The first-order valence-corrected chi connectivity index (χ1v) is 8.63. The molecule has 0 atom stereocenters. The first-order valence-electron chi connectivity index (χ1n) is 7.30. The topological polar surface area (TPSA) is 90.0 Å². The molecule has 0 N–H and O–H groups in total. The van der Waals surface area contributed by atoms with Crippen LogP contribution in [-0.4, -0.2) is 25.3 Å². The van der Waals surface area contributed by atoms with Gasteiger partial charge in [0, 0.05) is 66.7 Å². The molecule has 3 radical (unpaired) electrons. The summed E-state index contributed by atoms with van der Waals surface area (Å²) in [5.74, 6) is -2.09. The summed E-state index contributed by atoms with van der Waals surface area (Å²) < 4.78 is 33.4. The van der Waals surface area contributed by atoms with Crippen molar-refractivity contribution in [3.63, 3.8) is 0 Å². The molecule has 0 saturated heterocycles. The molecule has 7 nitrogen and oxygen atoms in total. The summed E-state index contributed by atoms with van der Waals surface area (Å²) in [5, 5.41) is 1.30. The van der Waals surface area contributed by atoms with Crippen molar-refractivity contribution in [2.45, 2.75) is 0 Å². The van der Waals surface area contributed by atoms with Crippen molar-refractivity contribution in [2.24, 2.45) is 0 Å². The Bertz CT molecular complexity index is 1100. The standard InChI is InChI=1S/C18H8NO6S.3Re/c20-17-14-10-4-6-12-7-5-11-15(16(12)14)18(21)19(17)25-26(22,23)24-13-8-2-1-3-9-13;;;/h2-7,10-11H;;;/q-3;;;. The maximum atomic E-state index is 12.6. The van der Waals surface area contributed by atoms with E-state index < -0.39 is 22.2 Å². The van der Waals surface area contributed by atoms with Crippen LogP contribution in [0.5, 0.6) is 5.75 Å². The number of benzene rings is 3. The van der Waals surface area contributed by atoms with E-state index in [1.807, 2.05) is 0 Å². The van der Waals surface area contributed by atoms with Crippen molar-refractivity contribution in [3.8, 4) is 5.75 Å². The second kappa shape index (κ2) is 10.2. The average Bonchev–Trinajstić information content (AvgIpc) is 2.63. The Morgan fingerprint density at radius 3 is 1.86 bits per heavy atom. The number of imide groups is 1. The first kappa shape index (κ1) is 25.8. The fourth-order valence-corrected chi connectivity index (χ4v) is 3.28. The molecule has 29 heavy (non-hydrogen) atoms. The van der Waals surface area contributed by atoms with Gasteiger partial charge in [-0.2, -0.15) is 8.42 Å². The Hall–Kier alpha value is -1.24. The fraction of sp³-hybridized carbons (Fsp3) is 0. The van der Waals surface area contributed by atoms with E-state index in [4.69, 9.17) is 0 Å². The Morgan fingerprint density at radius 1 is 0.828 bits per heavy atom. The number of amides is 2. The largest absolute Gasteiger partial charge is 0.545 e. The second-order valence-corrected chi connectivity index (χ2v) is 6.39. The van der Waals surface area contributed by atoms with Crippen molar-refractivity contribution >= 4 is 33.0 Å². The molecule has 0 aliphatic carbocycles. The van der Waals surface area contributed by atoms with E-state index in [2.05, 4.69) is 26.7 Å². The Morgan fingerprint density at radius 2 is 1.34 bits per heavy atom. The van der Waals surface area contributed by atoms with Crippen LogP contribution in [0.3, 0.4) is 0 Å². The van der Waals surface area contributed by atoms with Gasteiger partial charge in [-0.1, -0.05) is 24.3 Å². The zero-order chi connectivity index (χ0) is 18.3. The molecule has 0 fully saturated rings. The van der Waals surface area contributed by atoms with Gasteiger partial charge in [-0.25, -0.2) is 5.75 Å². The number of carbonyl (C=O) groups is 2. The predicted molar refractivity (Wildman–Crippen MR) is 88.0 cm³/mol. The molecule has 0 bridgehead atoms. The van der Waals surface area contributed by atoms with E-state index >= 15 is 0 Å². The monoisotopic (exact) mass is 927 g/mol.